The van der Waals surface area contributed by atoms with Crippen LogP contribution in [0.15, 0.2) is 42.5 Å². The number of benzene rings is 1. The molecule has 9 heteroatoms. The highest BCUT2D eigenvalue weighted by Crippen LogP contribution is 2.58. The average Bonchev–Trinajstić information content (AvgIpc) is 3.20. The monoisotopic (exact) mass is 514 g/mol. The van der Waals surface area contributed by atoms with Crippen molar-refractivity contribution < 1.29 is 29.0 Å². The lowest BCUT2D eigenvalue weighted by molar-refractivity contribution is -0.161. The van der Waals surface area contributed by atoms with Crippen molar-refractivity contribution in [3.8, 4) is 0 Å². The molecule has 0 saturated carbocycles. The molecule has 192 valence electrons. The van der Waals surface area contributed by atoms with Gasteiger partial charge in [0.1, 0.15) is 23.2 Å². The minimum atomic E-state index is -1.41. The Morgan fingerprint density at radius 3 is 2.64 bits per heavy atom. The van der Waals surface area contributed by atoms with Crippen molar-refractivity contribution in [2.24, 2.45) is 11.8 Å². The fourth-order valence-corrected chi connectivity index (χ4v) is 6.72. The van der Waals surface area contributed by atoms with Gasteiger partial charge >= 0.3 is 5.97 Å². The number of halogens is 1. The number of para-hydroxylation sites is 1. The van der Waals surface area contributed by atoms with E-state index in [4.69, 9.17) is 21.1 Å². The number of anilines is 1. The largest absolute Gasteiger partial charge is 0.465 e. The summed E-state index contributed by atoms with van der Waals surface area (Å²) in [4.78, 5) is 44.8. The van der Waals surface area contributed by atoms with E-state index in [1.807, 2.05) is 44.2 Å². The van der Waals surface area contributed by atoms with Gasteiger partial charge < -0.3 is 24.4 Å². The maximum absolute atomic E-state index is 14.4. The SMILES string of the molecule is CC[C@@]12C=CCCOC(=O)[C@@H]1[C@H]1C(=O)N([C@H](C)CO)C3C(=O)N(c4c(C)cccc4Cl)CC=C[C@@]31O2. The van der Waals surface area contributed by atoms with Gasteiger partial charge in [-0.3, -0.25) is 14.4 Å². The first-order valence-corrected chi connectivity index (χ1v) is 12.8. The lowest BCUT2D eigenvalue weighted by atomic mass is 9.73. The summed E-state index contributed by atoms with van der Waals surface area (Å²) in [5, 5.41) is 10.5. The van der Waals surface area contributed by atoms with Gasteiger partial charge in [-0.05, 0) is 38.3 Å². The Balaban J connectivity index is 1.71. The van der Waals surface area contributed by atoms with Gasteiger partial charge in [0.25, 0.3) is 5.91 Å². The lowest BCUT2D eigenvalue weighted by Gasteiger charge is -2.40. The summed E-state index contributed by atoms with van der Waals surface area (Å²) in [6.07, 6.45) is 8.33. The maximum atomic E-state index is 14.4. The number of carbonyl (C=O) groups excluding carboxylic acids is 3. The molecule has 0 aromatic heterocycles. The maximum Gasteiger partial charge on any atom is 0.313 e. The Morgan fingerprint density at radius 2 is 1.94 bits per heavy atom. The van der Waals surface area contributed by atoms with Gasteiger partial charge in [-0.2, -0.15) is 0 Å². The van der Waals surface area contributed by atoms with Gasteiger partial charge in [0.05, 0.1) is 35.9 Å². The Kier molecular flexibility index (Phi) is 6.25. The molecule has 4 aliphatic heterocycles. The third kappa shape index (κ3) is 3.38. The molecule has 1 aromatic carbocycles. The van der Waals surface area contributed by atoms with Crippen LogP contribution in [-0.2, 0) is 23.9 Å². The van der Waals surface area contributed by atoms with Crippen LogP contribution in [0.3, 0.4) is 0 Å². The Labute approximate surface area is 215 Å². The number of aryl methyl sites for hydroxylation is 1. The van der Waals surface area contributed by atoms with Crippen LogP contribution in [0.1, 0.15) is 32.3 Å². The zero-order valence-corrected chi connectivity index (χ0v) is 21.4. The number of aliphatic hydroxyl groups is 1. The van der Waals surface area contributed by atoms with Gasteiger partial charge in [0, 0.05) is 6.54 Å². The number of fused-ring (bicyclic) bond motifs is 2. The molecule has 4 heterocycles. The van der Waals surface area contributed by atoms with E-state index in [-0.39, 0.29) is 25.7 Å². The van der Waals surface area contributed by atoms with Gasteiger partial charge in [0.2, 0.25) is 5.91 Å². The number of rotatable bonds is 4. The van der Waals surface area contributed by atoms with E-state index in [9.17, 15) is 19.5 Å². The third-order valence-electron chi connectivity index (χ3n) is 8.04. The van der Waals surface area contributed by atoms with Crippen LogP contribution in [0.25, 0.3) is 0 Å². The number of likely N-dealkylation sites (tertiary alicyclic amines) is 1. The van der Waals surface area contributed by atoms with Crippen LogP contribution in [0.2, 0.25) is 5.02 Å². The number of esters is 1. The van der Waals surface area contributed by atoms with Crippen molar-refractivity contribution in [2.45, 2.75) is 56.9 Å². The van der Waals surface area contributed by atoms with Crippen molar-refractivity contribution in [3.63, 3.8) is 0 Å². The molecule has 1 unspecified atom stereocenters. The summed E-state index contributed by atoms with van der Waals surface area (Å²) in [5.41, 5.74) is -1.12. The van der Waals surface area contributed by atoms with E-state index in [1.54, 1.807) is 24.0 Å². The Bertz CT molecular complexity index is 1150. The molecule has 0 radical (unpaired) electrons. The second kappa shape index (κ2) is 9.01. The predicted molar refractivity (Wildman–Crippen MR) is 133 cm³/mol. The third-order valence-corrected chi connectivity index (χ3v) is 8.34. The summed E-state index contributed by atoms with van der Waals surface area (Å²) in [6.45, 7) is 5.55. The number of aliphatic hydroxyl groups excluding tert-OH is 1. The second-order valence-corrected chi connectivity index (χ2v) is 10.4. The molecule has 1 N–H and O–H groups in total. The van der Waals surface area contributed by atoms with E-state index in [0.29, 0.717) is 23.6 Å². The minimum Gasteiger partial charge on any atom is -0.465 e. The quantitative estimate of drug-likeness (QED) is 0.490. The molecule has 6 atom stereocenters. The molecule has 0 aliphatic carbocycles. The normalized spacial score (nSPS) is 34.5. The van der Waals surface area contributed by atoms with Crippen molar-refractivity contribution in [2.75, 3.05) is 24.7 Å². The van der Waals surface area contributed by atoms with Crippen LogP contribution in [-0.4, -0.2) is 70.8 Å². The van der Waals surface area contributed by atoms with E-state index in [2.05, 4.69) is 0 Å². The highest BCUT2D eigenvalue weighted by molar-refractivity contribution is 6.34. The van der Waals surface area contributed by atoms with E-state index >= 15 is 0 Å². The number of carbonyl (C=O) groups is 3. The second-order valence-electron chi connectivity index (χ2n) is 10.0. The molecule has 2 saturated heterocycles. The van der Waals surface area contributed by atoms with Gasteiger partial charge in [-0.15, -0.1) is 0 Å². The lowest BCUT2D eigenvalue weighted by Crippen LogP contribution is -2.58. The standard InChI is InChI=1S/C27H31ClN2O6/c1-4-26-11-5-6-14-35-25(34)20(26)19-23(32)30(17(3)15-31)22-24(33)29(13-8-12-27(19,22)36-26)21-16(2)9-7-10-18(21)28/h5,7-12,17,19-20,22,31H,4,6,13-15H2,1-3H3/t17-,19+,20+,22?,26-,27+/m1/s1. The fraction of sp³-hybridized carbons (Fsp3) is 0.519. The number of hydrogen-bond acceptors (Lipinski definition) is 6. The highest BCUT2D eigenvalue weighted by Gasteiger charge is 2.75. The number of hydrogen-bond donors (Lipinski definition) is 1. The predicted octanol–water partition coefficient (Wildman–Crippen LogP) is 2.80. The zero-order chi connectivity index (χ0) is 25.8. The summed E-state index contributed by atoms with van der Waals surface area (Å²) >= 11 is 6.55. The van der Waals surface area contributed by atoms with Gasteiger partial charge in [-0.1, -0.05) is 55.0 Å². The first kappa shape index (κ1) is 25.0. The molecule has 36 heavy (non-hydrogen) atoms. The average molecular weight is 515 g/mol. The van der Waals surface area contributed by atoms with Crippen molar-refractivity contribution in [3.05, 3.63) is 53.1 Å². The Morgan fingerprint density at radius 1 is 1.17 bits per heavy atom. The molecule has 8 nitrogen and oxygen atoms in total. The smallest absolute Gasteiger partial charge is 0.313 e. The molecular formula is C27H31ClN2O6. The van der Waals surface area contributed by atoms with Crippen LogP contribution < -0.4 is 4.90 Å². The zero-order valence-electron chi connectivity index (χ0n) is 20.6. The van der Waals surface area contributed by atoms with Crippen molar-refractivity contribution in [1.29, 1.82) is 0 Å². The minimum absolute atomic E-state index is 0.216. The molecule has 1 spiro atoms. The fourth-order valence-electron chi connectivity index (χ4n) is 6.40. The summed E-state index contributed by atoms with van der Waals surface area (Å²) in [7, 11) is 0. The topological polar surface area (TPSA) is 96.4 Å². The van der Waals surface area contributed by atoms with Crippen molar-refractivity contribution in [1.82, 2.24) is 4.90 Å². The van der Waals surface area contributed by atoms with Crippen LogP contribution in [0, 0.1) is 18.8 Å². The first-order chi connectivity index (χ1) is 17.2. The van der Waals surface area contributed by atoms with E-state index in [1.165, 1.54) is 4.90 Å². The summed E-state index contributed by atoms with van der Waals surface area (Å²) < 4.78 is 12.3. The van der Waals surface area contributed by atoms with Crippen LogP contribution >= 0.6 is 11.6 Å². The molecule has 2 fully saturated rings. The highest BCUT2D eigenvalue weighted by atomic mass is 35.5. The van der Waals surface area contributed by atoms with Crippen LogP contribution in [0.5, 0.6) is 0 Å². The molecule has 2 amide bonds. The summed E-state index contributed by atoms with van der Waals surface area (Å²) in [6, 6.07) is 3.64. The molecule has 4 aliphatic rings. The van der Waals surface area contributed by atoms with Gasteiger partial charge in [-0.25, -0.2) is 0 Å². The number of cyclic esters (lactones) is 1. The Hall–Kier alpha value is -2.68. The summed E-state index contributed by atoms with van der Waals surface area (Å²) in [5.74, 6) is -3.17. The number of ether oxygens (including phenoxy) is 2. The molecule has 0 bridgehead atoms. The molecule has 5 rings (SSSR count). The van der Waals surface area contributed by atoms with E-state index < -0.39 is 47.0 Å². The van der Waals surface area contributed by atoms with Crippen molar-refractivity contribution >= 4 is 35.1 Å². The van der Waals surface area contributed by atoms with Crippen LogP contribution in [0.4, 0.5) is 5.69 Å². The van der Waals surface area contributed by atoms with Gasteiger partial charge in [0.15, 0.2) is 0 Å². The van der Waals surface area contributed by atoms with E-state index in [0.717, 1.165) is 5.56 Å². The number of amides is 2. The number of nitrogens with zero attached hydrogens (tertiary/aromatic N) is 2. The first-order valence-electron chi connectivity index (χ1n) is 12.4. The molecular weight excluding hydrogens is 484 g/mol. The molecule has 1 aromatic rings.